The molecule has 1 unspecified atom stereocenters. The molecule has 0 aromatic heterocycles. The Bertz CT molecular complexity index is 181. The van der Waals surface area contributed by atoms with Gasteiger partial charge in [0.05, 0.1) is 5.60 Å². The van der Waals surface area contributed by atoms with Gasteiger partial charge in [0, 0.05) is 6.54 Å². The normalized spacial score (nSPS) is 24.4. The van der Waals surface area contributed by atoms with Crippen LogP contribution in [0.5, 0.6) is 0 Å². The summed E-state index contributed by atoms with van der Waals surface area (Å²) in [5.74, 6) is 1.26. The summed E-state index contributed by atoms with van der Waals surface area (Å²) in [7, 11) is 0. The SMILES string of the molecule is CCC1CCN(CC(C)(O)C(C)C)CC1. The zero-order valence-electron chi connectivity index (χ0n) is 10.8. The minimum Gasteiger partial charge on any atom is -0.389 e. The summed E-state index contributed by atoms with van der Waals surface area (Å²) in [5.41, 5.74) is -0.529. The Morgan fingerprint density at radius 1 is 1.33 bits per heavy atom. The lowest BCUT2D eigenvalue weighted by Gasteiger charge is -2.38. The summed E-state index contributed by atoms with van der Waals surface area (Å²) < 4.78 is 0. The lowest BCUT2D eigenvalue weighted by atomic mass is 9.89. The van der Waals surface area contributed by atoms with Crippen molar-refractivity contribution in [3.63, 3.8) is 0 Å². The number of rotatable bonds is 4. The molecule has 1 rings (SSSR count). The molecule has 0 spiro atoms. The van der Waals surface area contributed by atoms with Crippen LogP contribution in [0.4, 0.5) is 0 Å². The molecule has 90 valence electrons. The van der Waals surface area contributed by atoms with Crippen LogP contribution in [0.25, 0.3) is 0 Å². The molecule has 0 saturated carbocycles. The van der Waals surface area contributed by atoms with E-state index in [9.17, 15) is 5.11 Å². The Kier molecular flexibility index (Phi) is 4.60. The first-order valence-electron chi connectivity index (χ1n) is 6.40. The lowest BCUT2D eigenvalue weighted by molar-refractivity contribution is -0.0259. The summed E-state index contributed by atoms with van der Waals surface area (Å²) in [6, 6.07) is 0. The van der Waals surface area contributed by atoms with Gasteiger partial charge < -0.3 is 10.0 Å². The Morgan fingerprint density at radius 2 is 1.87 bits per heavy atom. The predicted octanol–water partition coefficient (Wildman–Crippen LogP) is 2.52. The number of β-amino-alcohol motifs (C(OH)–C–C–N with tert-alkyl or cyclic N) is 1. The van der Waals surface area contributed by atoms with Crippen LogP contribution in [0.15, 0.2) is 0 Å². The van der Waals surface area contributed by atoms with E-state index in [0.29, 0.717) is 5.92 Å². The number of hydrogen-bond donors (Lipinski definition) is 1. The molecule has 1 aliphatic rings. The third-order valence-corrected chi connectivity index (χ3v) is 4.07. The number of aliphatic hydroxyl groups is 1. The molecule has 2 nitrogen and oxygen atoms in total. The van der Waals surface area contributed by atoms with Crippen molar-refractivity contribution in [3.8, 4) is 0 Å². The van der Waals surface area contributed by atoms with E-state index in [1.54, 1.807) is 0 Å². The molecule has 0 amide bonds. The van der Waals surface area contributed by atoms with Crippen molar-refractivity contribution in [2.75, 3.05) is 19.6 Å². The lowest BCUT2D eigenvalue weighted by Crippen LogP contribution is -2.47. The van der Waals surface area contributed by atoms with E-state index in [4.69, 9.17) is 0 Å². The van der Waals surface area contributed by atoms with E-state index in [2.05, 4.69) is 25.7 Å². The molecule has 1 fully saturated rings. The van der Waals surface area contributed by atoms with E-state index in [-0.39, 0.29) is 0 Å². The van der Waals surface area contributed by atoms with Gasteiger partial charge in [-0.2, -0.15) is 0 Å². The first-order valence-corrected chi connectivity index (χ1v) is 6.40. The third kappa shape index (κ3) is 3.76. The van der Waals surface area contributed by atoms with Gasteiger partial charge in [-0.15, -0.1) is 0 Å². The molecule has 0 aromatic rings. The second-order valence-electron chi connectivity index (χ2n) is 5.64. The summed E-state index contributed by atoms with van der Waals surface area (Å²) in [6.07, 6.45) is 3.93. The maximum Gasteiger partial charge on any atom is 0.0768 e. The van der Waals surface area contributed by atoms with Gasteiger partial charge in [-0.25, -0.2) is 0 Å². The van der Waals surface area contributed by atoms with Crippen LogP contribution in [-0.4, -0.2) is 35.2 Å². The van der Waals surface area contributed by atoms with Crippen molar-refractivity contribution in [1.29, 1.82) is 0 Å². The molecule has 1 N–H and O–H groups in total. The van der Waals surface area contributed by atoms with Crippen LogP contribution < -0.4 is 0 Å². The zero-order chi connectivity index (χ0) is 11.5. The maximum atomic E-state index is 10.2. The van der Waals surface area contributed by atoms with Gasteiger partial charge >= 0.3 is 0 Å². The smallest absolute Gasteiger partial charge is 0.0768 e. The van der Waals surface area contributed by atoms with Gasteiger partial charge in [0.2, 0.25) is 0 Å². The minimum absolute atomic E-state index is 0.335. The van der Waals surface area contributed by atoms with Gasteiger partial charge in [-0.1, -0.05) is 27.2 Å². The van der Waals surface area contributed by atoms with E-state index < -0.39 is 5.60 Å². The second-order valence-corrected chi connectivity index (χ2v) is 5.64. The minimum atomic E-state index is -0.529. The van der Waals surface area contributed by atoms with E-state index in [1.165, 1.54) is 32.4 Å². The van der Waals surface area contributed by atoms with Crippen LogP contribution in [0, 0.1) is 11.8 Å². The Labute approximate surface area is 94.7 Å². The first kappa shape index (κ1) is 13.0. The van der Waals surface area contributed by atoms with Gasteiger partial charge in [0.25, 0.3) is 0 Å². The highest BCUT2D eigenvalue weighted by atomic mass is 16.3. The summed E-state index contributed by atoms with van der Waals surface area (Å²) in [4.78, 5) is 2.42. The molecule has 0 aliphatic carbocycles. The summed E-state index contributed by atoms with van der Waals surface area (Å²) in [5, 5.41) is 10.2. The molecule has 2 heteroatoms. The molecular weight excluding hydrogens is 186 g/mol. The molecule has 1 atom stereocenters. The number of likely N-dealkylation sites (tertiary alicyclic amines) is 1. The predicted molar refractivity (Wildman–Crippen MR) is 64.9 cm³/mol. The molecule has 0 radical (unpaired) electrons. The molecule has 0 bridgehead atoms. The first-order chi connectivity index (χ1) is 6.95. The van der Waals surface area contributed by atoms with Crippen LogP contribution in [-0.2, 0) is 0 Å². The van der Waals surface area contributed by atoms with E-state index in [1.807, 2.05) is 6.92 Å². The topological polar surface area (TPSA) is 23.5 Å². The van der Waals surface area contributed by atoms with Crippen LogP contribution >= 0.6 is 0 Å². The number of nitrogens with zero attached hydrogens (tertiary/aromatic N) is 1. The molecule has 0 aromatic carbocycles. The highest BCUT2D eigenvalue weighted by Gasteiger charge is 2.29. The van der Waals surface area contributed by atoms with Crippen LogP contribution in [0.1, 0.15) is 47.0 Å². The van der Waals surface area contributed by atoms with Crippen molar-refractivity contribution in [1.82, 2.24) is 4.90 Å². The van der Waals surface area contributed by atoms with Gasteiger partial charge in [-0.05, 0) is 44.7 Å². The van der Waals surface area contributed by atoms with Gasteiger partial charge in [0.1, 0.15) is 0 Å². The maximum absolute atomic E-state index is 10.2. The fourth-order valence-corrected chi connectivity index (χ4v) is 2.19. The summed E-state index contributed by atoms with van der Waals surface area (Å²) >= 11 is 0. The standard InChI is InChI=1S/C13H27NO/c1-5-12-6-8-14(9-7-12)10-13(4,15)11(2)3/h11-12,15H,5-10H2,1-4H3. The van der Waals surface area contributed by atoms with Gasteiger partial charge in [0.15, 0.2) is 0 Å². The van der Waals surface area contributed by atoms with Gasteiger partial charge in [-0.3, -0.25) is 0 Å². The second kappa shape index (κ2) is 5.31. The number of piperidine rings is 1. The van der Waals surface area contributed by atoms with E-state index >= 15 is 0 Å². The molecule has 1 saturated heterocycles. The van der Waals surface area contributed by atoms with Crippen molar-refractivity contribution >= 4 is 0 Å². The quantitative estimate of drug-likeness (QED) is 0.775. The highest BCUT2D eigenvalue weighted by molar-refractivity contribution is 4.83. The van der Waals surface area contributed by atoms with Crippen LogP contribution in [0.3, 0.4) is 0 Å². The largest absolute Gasteiger partial charge is 0.389 e. The molecule has 15 heavy (non-hydrogen) atoms. The average Bonchev–Trinajstić information content (AvgIpc) is 2.18. The van der Waals surface area contributed by atoms with Crippen molar-refractivity contribution in [3.05, 3.63) is 0 Å². The Morgan fingerprint density at radius 3 is 2.27 bits per heavy atom. The van der Waals surface area contributed by atoms with Crippen LogP contribution in [0.2, 0.25) is 0 Å². The van der Waals surface area contributed by atoms with Crippen molar-refractivity contribution in [2.45, 2.75) is 52.6 Å². The zero-order valence-corrected chi connectivity index (χ0v) is 10.8. The highest BCUT2D eigenvalue weighted by Crippen LogP contribution is 2.23. The number of hydrogen-bond acceptors (Lipinski definition) is 2. The molecule has 1 aliphatic heterocycles. The van der Waals surface area contributed by atoms with E-state index in [0.717, 1.165) is 12.5 Å². The van der Waals surface area contributed by atoms with Crippen molar-refractivity contribution in [2.24, 2.45) is 11.8 Å². The third-order valence-electron chi connectivity index (χ3n) is 4.07. The molecule has 1 heterocycles. The fourth-order valence-electron chi connectivity index (χ4n) is 2.19. The average molecular weight is 213 g/mol. The molecular formula is C13H27NO. The fraction of sp³-hybridized carbons (Fsp3) is 1.00. The monoisotopic (exact) mass is 213 g/mol. The van der Waals surface area contributed by atoms with Crippen molar-refractivity contribution < 1.29 is 5.11 Å². The Balaban J connectivity index is 2.35. The Hall–Kier alpha value is -0.0800. The summed E-state index contributed by atoms with van der Waals surface area (Å²) in [6.45, 7) is 11.6.